The van der Waals surface area contributed by atoms with Gasteiger partial charge >= 0.3 is 0 Å². The van der Waals surface area contributed by atoms with E-state index in [4.69, 9.17) is 9.15 Å². The van der Waals surface area contributed by atoms with E-state index < -0.39 is 0 Å². The van der Waals surface area contributed by atoms with Gasteiger partial charge in [0.2, 0.25) is 0 Å². The van der Waals surface area contributed by atoms with Crippen molar-refractivity contribution in [1.82, 2.24) is 5.32 Å². The Labute approximate surface area is 132 Å². The Bertz CT molecular complexity index is 777. The number of nitrogens with one attached hydrogen (secondary N) is 1. The lowest BCUT2D eigenvalue weighted by Gasteiger charge is -2.03. The minimum atomic E-state index is -0.187. The van der Waals surface area contributed by atoms with Crippen molar-refractivity contribution in [2.45, 2.75) is 6.92 Å². The number of ether oxygens (including phenoxy) is 1. The Morgan fingerprint density at radius 2 is 2.09 bits per heavy atom. The normalized spacial score (nSPS) is 18.0. The molecule has 112 valence electrons. The van der Waals surface area contributed by atoms with E-state index in [1.54, 1.807) is 13.2 Å². The summed E-state index contributed by atoms with van der Waals surface area (Å²) in [5, 5.41) is 3.26. The highest BCUT2D eigenvalue weighted by molar-refractivity contribution is 8.18. The minimum absolute atomic E-state index is 0.187. The topological polar surface area (TPSA) is 63.8 Å². The van der Waals surface area contributed by atoms with Crippen LogP contribution in [0, 0.1) is 6.92 Å². The molecule has 6 heteroatoms. The number of nitrogens with zero attached hydrogens (tertiary/aromatic N) is 1. The van der Waals surface area contributed by atoms with E-state index in [2.05, 4.69) is 10.3 Å². The van der Waals surface area contributed by atoms with E-state index >= 15 is 0 Å². The predicted octanol–water partition coefficient (Wildman–Crippen LogP) is 3.49. The summed E-state index contributed by atoms with van der Waals surface area (Å²) in [6.45, 7) is 1.86. The van der Waals surface area contributed by atoms with Crippen LogP contribution in [0.15, 0.2) is 50.7 Å². The number of aryl methyl sites for hydroxylation is 1. The monoisotopic (exact) mass is 314 g/mol. The van der Waals surface area contributed by atoms with Crippen LogP contribution < -0.4 is 10.1 Å². The Balaban J connectivity index is 1.85. The summed E-state index contributed by atoms with van der Waals surface area (Å²) in [4.78, 5) is 17.0. The highest BCUT2D eigenvalue weighted by Crippen LogP contribution is 2.32. The molecule has 1 aromatic heterocycles. The predicted molar refractivity (Wildman–Crippen MR) is 87.2 cm³/mol. The van der Waals surface area contributed by atoms with E-state index in [0.717, 1.165) is 5.76 Å². The zero-order valence-electron chi connectivity index (χ0n) is 12.1. The molecule has 2 heterocycles. The molecule has 1 fully saturated rings. The fraction of sp³-hybridized carbons (Fsp3) is 0.125. The van der Waals surface area contributed by atoms with Gasteiger partial charge in [-0.25, -0.2) is 4.99 Å². The van der Waals surface area contributed by atoms with Crippen LogP contribution in [0.3, 0.4) is 0 Å². The second kappa shape index (κ2) is 6.11. The lowest BCUT2D eigenvalue weighted by atomic mass is 10.3. The van der Waals surface area contributed by atoms with Gasteiger partial charge in [-0.3, -0.25) is 4.79 Å². The van der Waals surface area contributed by atoms with Gasteiger partial charge in [-0.15, -0.1) is 0 Å². The summed E-state index contributed by atoms with van der Waals surface area (Å²) in [5.41, 5.74) is 0.669. The summed E-state index contributed by atoms with van der Waals surface area (Å²) >= 11 is 1.27. The van der Waals surface area contributed by atoms with Crippen molar-refractivity contribution in [3.63, 3.8) is 0 Å². The number of furan rings is 1. The standard InChI is InChI=1S/C16H14N2O3S/c1-10-7-8-11(21-10)9-14-15(19)18-16(22-14)17-12-5-3-4-6-13(12)20-2/h3-9H,1-2H3,(H,17,18,19)/b14-9+. The highest BCUT2D eigenvalue weighted by atomic mass is 32.2. The van der Waals surface area contributed by atoms with Crippen LogP contribution in [0.4, 0.5) is 5.69 Å². The number of thioether (sulfide) groups is 1. The van der Waals surface area contributed by atoms with Gasteiger partial charge in [-0.2, -0.15) is 0 Å². The fourth-order valence-electron chi connectivity index (χ4n) is 1.97. The van der Waals surface area contributed by atoms with Crippen LogP contribution in [0.5, 0.6) is 5.75 Å². The summed E-state index contributed by atoms with van der Waals surface area (Å²) in [5.74, 6) is 1.92. The van der Waals surface area contributed by atoms with Crippen LogP contribution >= 0.6 is 11.8 Å². The first-order chi connectivity index (χ1) is 10.7. The van der Waals surface area contributed by atoms with Gasteiger partial charge < -0.3 is 14.5 Å². The number of hydrogen-bond acceptors (Lipinski definition) is 5. The summed E-state index contributed by atoms with van der Waals surface area (Å²) < 4.78 is 10.7. The molecule has 1 saturated heterocycles. The van der Waals surface area contributed by atoms with Crippen LogP contribution in [-0.4, -0.2) is 18.2 Å². The molecule has 2 aromatic rings. The van der Waals surface area contributed by atoms with Gasteiger partial charge in [-0.1, -0.05) is 12.1 Å². The first kappa shape index (κ1) is 14.5. The Morgan fingerprint density at radius 1 is 1.27 bits per heavy atom. The van der Waals surface area contributed by atoms with E-state index in [1.807, 2.05) is 43.3 Å². The minimum Gasteiger partial charge on any atom is -0.494 e. The molecule has 1 N–H and O–H groups in total. The second-order valence-corrected chi connectivity index (χ2v) is 5.63. The second-order valence-electron chi connectivity index (χ2n) is 4.60. The maximum absolute atomic E-state index is 12.0. The molecule has 1 amide bonds. The molecule has 0 radical (unpaired) electrons. The molecule has 5 nitrogen and oxygen atoms in total. The van der Waals surface area contributed by atoms with Crippen LogP contribution in [0.1, 0.15) is 11.5 Å². The summed E-state index contributed by atoms with van der Waals surface area (Å²) in [7, 11) is 1.59. The third-order valence-corrected chi connectivity index (χ3v) is 3.90. The summed E-state index contributed by atoms with van der Waals surface area (Å²) in [6, 6.07) is 11.1. The average molecular weight is 314 g/mol. The molecular formula is C16H14N2O3S. The fourth-order valence-corrected chi connectivity index (χ4v) is 2.79. The molecule has 1 aliphatic rings. The Kier molecular flexibility index (Phi) is 4.02. The van der Waals surface area contributed by atoms with Gasteiger partial charge in [0.05, 0.1) is 12.0 Å². The Morgan fingerprint density at radius 3 is 2.82 bits per heavy atom. The van der Waals surface area contributed by atoms with E-state index in [1.165, 1.54) is 11.8 Å². The van der Waals surface area contributed by atoms with Gasteiger partial charge in [0.25, 0.3) is 5.91 Å². The van der Waals surface area contributed by atoms with Crippen molar-refractivity contribution in [3.8, 4) is 5.75 Å². The maximum atomic E-state index is 12.0. The maximum Gasteiger partial charge on any atom is 0.264 e. The molecule has 0 saturated carbocycles. The van der Waals surface area contributed by atoms with Gasteiger partial charge in [-0.05, 0) is 43.0 Å². The zero-order chi connectivity index (χ0) is 15.5. The molecule has 0 unspecified atom stereocenters. The number of carbonyl (C=O) groups excluding carboxylic acids is 1. The van der Waals surface area contributed by atoms with Crippen LogP contribution in [-0.2, 0) is 4.79 Å². The quantitative estimate of drug-likeness (QED) is 0.881. The molecule has 0 aliphatic carbocycles. The van der Waals surface area contributed by atoms with Crippen molar-refractivity contribution >= 4 is 34.6 Å². The average Bonchev–Trinajstić information content (AvgIpc) is 3.06. The van der Waals surface area contributed by atoms with Crippen molar-refractivity contribution in [2.75, 3.05) is 7.11 Å². The number of hydrogen-bond donors (Lipinski definition) is 1. The van der Waals surface area contributed by atoms with Crippen molar-refractivity contribution in [3.05, 3.63) is 52.8 Å². The molecule has 22 heavy (non-hydrogen) atoms. The molecular weight excluding hydrogens is 300 g/mol. The number of amides is 1. The van der Waals surface area contributed by atoms with Gasteiger partial charge in [0, 0.05) is 6.08 Å². The number of para-hydroxylation sites is 2. The highest BCUT2D eigenvalue weighted by Gasteiger charge is 2.24. The van der Waals surface area contributed by atoms with E-state index in [0.29, 0.717) is 27.3 Å². The molecule has 1 aromatic carbocycles. The molecule has 0 atom stereocenters. The SMILES string of the molecule is COc1ccccc1N=C1NC(=O)/C(=C\c2ccc(C)o2)S1. The molecule has 0 bridgehead atoms. The van der Waals surface area contributed by atoms with Gasteiger partial charge in [0.15, 0.2) is 5.17 Å². The smallest absolute Gasteiger partial charge is 0.264 e. The van der Waals surface area contributed by atoms with Crippen LogP contribution in [0.25, 0.3) is 6.08 Å². The van der Waals surface area contributed by atoms with E-state index in [-0.39, 0.29) is 5.91 Å². The third kappa shape index (κ3) is 3.07. The first-order valence-corrected chi connectivity index (χ1v) is 7.46. The number of carbonyl (C=O) groups is 1. The van der Waals surface area contributed by atoms with E-state index in [9.17, 15) is 4.79 Å². The van der Waals surface area contributed by atoms with Crippen molar-refractivity contribution in [1.29, 1.82) is 0 Å². The number of amidine groups is 1. The van der Waals surface area contributed by atoms with Crippen molar-refractivity contribution < 1.29 is 13.9 Å². The van der Waals surface area contributed by atoms with Crippen molar-refractivity contribution in [2.24, 2.45) is 4.99 Å². The number of rotatable bonds is 3. The lowest BCUT2D eigenvalue weighted by Crippen LogP contribution is -2.19. The molecule has 0 spiro atoms. The zero-order valence-corrected chi connectivity index (χ0v) is 12.9. The lowest BCUT2D eigenvalue weighted by molar-refractivity contribution is -0.115. The number of methoxy groups -OCH3 is 1. The van der Waals surface area contributed by atoms with Gasteiger partial charge in [0.1, 0.15) is 23.0 Å². The first-order valence-electron chi connectivity index (χ1n) is 6.65. The molecule has 1 aliphatic heterocycles. The third-order valence-electron chi connectivity index (χ3n) is 2.99. The number of benzene rings is 1. The summed E-state index contributed by atoms with van der Waals surface area (Å²) in [6.07, 6.45) is 1.71. The molecule has 3 rings (SSSR count). The Hall–Kier alpha value is -2.47. The number of aliphatic imine (C=N–C) groups is 1. The largest absolute Gasteiger partial charge is 0.494 e. The van der Waals surface area contributed by atoms with Crippen LogP contribution in [0.2, 0.25) is 0 Å².